The van der Waals surface area contributed by atoms with E-state index in [4.69, 9.17) is 14.7 Å². The lowest BCUT2D eigenvalue weighted by atomic mass is 10.0. The average Bonchev–Trinajstić information content (AvgIpc) is 3.39. The van der Waals surface area contributed by atoms with Crippen molar-refractivity contribution in [3.63, 3.8) is 0 Å². The van der Waals surface area contributed by atoms with E-state index < -0.39 is 0 Å². The highest BCUT2D eigenvalue weighted by atomic mass is 16.5. The summed E-state index contributed by atoms with van der Waals surface area (Å²) in [6.45, 7) is 4.59. The molecular formula is C24H28N6O2. The molecule has 0 bridgehead atoms. The van der Waals surface area contributed by atoms with Gasteiger partial charge in [-0.3, -0.25) is 4.79 Å². The van der Waals surface area contributed by atoms with Gasteiger partial charge in [-0.1, -0.05) is 6.07 Å². The van der Waals surface area contributed by atoms with Gasteiger partial charge in [-0.05, 0) is 38.0 Å². The lowest BCUT2D eigenvalue weighted by Gasteiger charge is -2.29. The summed E-state index contributed by atoms with van der Waals surface area (Å²) < 4.78 is 8.64. The van der Waals surface area contributed by atoms with Crippen molar-refractivity contribution in [1.29, 1.82) is 0 Å². The smallest absolute Gasteiger partial charge is 0.241 e. The van der Waals surface area contributed by atoms with E-state index in [1.54, 1.807) is 0 Å². The van der Waals surface area contributed by atoms with Gasteiger partial charge in [0.1, 0.15) is 11.6 Å². The number of aromatic nitrogens is 3. The molecule has 3 aromatic rings. The number of rotatable bonds is 5. The fourth-order valence-corrected chi connectivity index (χ4v) is 4.77. The number of ether oxygens (including phenoxy) is 1. The second-order valence-electron chi connectivity index (χ2n) is 9.23. The first kappa shape index (κ1) is 19.4. The van der Waals surface area contributed by atoms with Crippen molar-refractivity contribution in [2.24, 2.45) is 5.92 Å². The Hall–Kier alpha value is -3.29. The van der Waals surface area contributed by atoms with Crippen molar-refractivity contribution in [3.8, 4) is 17.1 Å². The van der Waals surface area contributed by atoms with E-state index in [9.17, 15) is 4.79 Å². The van der Waals surface area contributed by atoms with Gasteiger partial charge in [0.05, 0.1) is 28.9 Å². The molecule has 2 atom stereocenters. The number of carbonyl (C=O) groups is 1. The molecule has 2 fully saturated rings. The summed E-state index contributed by atoms with van der Waals surface area (Å²) in [7, 11) is 2.12. The standard InChI is InChI=1S/C24H28N6O2/c1-14(16-10-22(31)26-12-16)32-24-23-20(27-13-30(23)17-4-5-17)11-18(28-24)15-3-6-21-19(9-15)25-7-8-29(21)2/h3,6,9,11,13-14,16-17,25H,4-5,7-8,10,12H2,1-2H3,(H,26,31)/t14-,16?/m1/s1. The van der Waals surface area contributed by atoms with E-state index >= 15 is 0 Å². The van der Waals surface area contributed by atoms with Crippen molar-refractivity contribution in [2.75, 3.05) is 36.9 Å². The van der Waals surface area contributed by atoms with Crippen molar-refractivity contribution in [2.45, 2.75) is 38.3 Å². The largest absolute Gasteiger partial charge is 0.473 e. The van der Waals surface area contributed by atoms with Crippen molar-refractivity contribution < 1.29 is 9.53 Å². The molecule has 2 aromatic heterocycles. The zero-order chi connectivity index (χ0) is 21.8. The maximum absolute atomic E-state index is 11.7. The van der Waals surface area contributed by atoms with E-state index in [1.807, 2.05) is 13.3 Å². The van der Waals surface area contributed by atoms with Crippen LogP contribution in [-0.2, 0) is 4.79 Å². The third-order valence-corrected chi connectivity index (χ3v) is 6.90. The summed E-state index contributed by atoms with van der Waals surface area (Å²) in [4.78, 5) is 23.6. The minimum atomic E-state index is -0.124. The molecular weight excluding hydrogens is 404 g/mol. The highest BCUT2D eigenvalue weighted by molar-refractivity contribution is 5.86. The fourth-order valence-electron chi connectivity index (χ4n) is 4.77. The molecule has 1 aliphatic carbocycles. The molecule has 1 amide bonds. The van der Waals surface area contributed by atoms with Crippen LogP contribution in [0.5, 0.6) is 5.88 Å². The number of nitrogens with one attached hydrogen (secondary N) is 2. The van der Waals surface area contributed by atoms with Gasteiger partial charge in [0.25, 0.3) is 0 Å². The van der Waals surface area contributed by atoms with E-state index in [0.29, 0.717) is 24.9 Å². The Labute approximate surface area is 187 Å². The number of amides is 1. The summed E-state index contributed by atoms with van der Waals surface area (Å²) in [6.07, 6.45) is 4.60. The number of anilines is 2. The van der Waals surface area contributed by atoms with Crippen LogP contribution in [0.4, 0.5) is 11.4 Å². The first-order chi connectivity index (χ1) is 15.6. The summed E-state index contributed by atoms with van der Waals surface area (Å²) in [5.74, 6) is 0.840. The Morgan fingerprint density at radius 3 is 2.88 bits per heavy atom. The molecule has 8 heteroatoms. The molecule has 1 saturated heterocycles. The van der Waals surface area contributed by atoms with E-state index in [0.717, 1.165) is 53.9 Å². The van der Waals surface area contributed by atoms with Gasteiger partial charge in [0.15, 0.2) is 0 Å². The van der Waals surface area contributed by atoms with Gasteiger partial charge in [0, 0.05) is 50.6 Å². The van der Waals surface area contributed by atoms with E-state index in [2.05, 4.69) is 51.4 Å². The molecule has 6 rings (SSSR count). The molecule has 2 N–H and O–H groups in total. The molecule has 0 radical (unpaired) electrons. The number of hydrogen-bond donors (Lipinski definition) is 2. The predicted octanol–water partition coefficient (Wildman–Crippen LogP) is 3.20. The molecule has 2 aliphatic heterocycles. The van der Waals surface area contributed by atoms with Crippen LogP contribution in [-0.4, -0.2) is 53.2 Å². The topological polar surface area (TPSA) is 84.3 Å². The minimum absolute atomic E-state index is 0.0897. The molecule has 32 heavy (non-hydrogen) atoms. The second kappa shape index (κ2) is 7.39. The molecule has 1 saturated carbocycles. The zero-order valence-electron chi connectivity index (χ0n) is 18.5. The maximum Gasteiger partial charge on any atom is 0.241 e. The first-order valence-corrected chi connectivity index (χ1v) is 11.5. The van der Waals surface area contributed by atoms with Crippen LogP contribution in [0.25, 0.3) is 22.3 Å². The Morgan fingerprint density at radius 1 is 1.22 bits per heavy atom. The van der Waals surface area contributed by atoms with Crippen LogP contribution < -0.4 is 20.3 Å². The summed E-state index contributed by atoms with van der Waals surface area (Å²) >= 11 is 0. The molecule has 1 aromatic carbocycles. The lowest BCUT2D eigenvalue weighted by Crippen LogP contribution is -2.30. The number of pyridine rings is 1. The summed E-state index contributed by atoms with van der Waals surface area (Å²) in [5, 5.41) is 6.41. The van der Waals surface area contributed by atoms with Gasteiger partial charge >= 0.3 is 0 Å². The number of imidazole rings is 1. The number of fused-ring (bicyclic) bond motifs is 2. The van der Waals surface area contributed by atoms with Crippen LogP contribution >= 0.6 is 0 Å². The quantitative estimate of drug-likeness (QED) is 0.644. The van der Waals surface area contributed by atoms with Gasteiger partial charge in [-0.15, -0.1) is 0 Å². The minimum Gasteiger partial charge on any atom is -0.473 e. The van der Waals surface area contributed by atoms with Crippen LogP contribution in [0.15, 0.2) is 30.6 Å². The van der Waals surface area contributed by atoms with E-state index in [1.165, 1.54) is 5.69 Å². The summed E-state index contributed by atoms with van der Waals surface area (Å²) in [6, 6.07) is 8.94. The average molecular weight is 433 g/mol. The number of likely N-dealkylation sites (N-methyl/N-ethyl adjacent to an activating group) is 1. The number of nitrogens with zero attached hydrogens (tertiary/aromatic N) is 4. The van der Waals surface area contributed by atoms with Gasteiger partial charge in [-0.2, -0.15) is 0 Å². The molecule has 1 unspecified atom stereocenters. The third kappa shape index (κ3) is 3.34. The highest BCUT2D eigenvalue weighted by Crippen LogP contribution is 2.41. The van der Waals surface area contributed by atoms with Gasteiger partial charge in [-0.25, -0.2) is 9.97 Å². The number of benzene rings is 1. The molecule has 3 aliphatic rings. The Bertz CT molecular complexity index is 1200. The maximum atomic E-state index is 11.7. The van der Waals surface area contributed by atoms with Crippen LogP contribution in [0.3, 0.4) is 0 Å². The normalized spacial score (nSPS) is 21.2. The zero-order valence-corrected chi connectivity index (χ0v) is 18.5. The van der Waals surface area contributed by atoms with Crippen LogP contribution in [0, 0.1) is 5.92 Å². The third-order valence-electron chi connectivity index (χ3n) is 6.90. The summed E-state index contributed by atoms with van der Waals surface area (Å²) in [5.41, 5.74) is 6.04. The molecule has 8 nitrogen and oxygen atoms in total. The van der Waals surface area contributed by atoms with Crippen molar-refractivity contribution >= 4 is 28.3 Å². The number of hydrogen-bond acceptors (Lipinski definition) is 6. The molecule has 4 heterocycles. The monoisotopic (exact) mass is 432 g/mol. The van der Waals surface area contributed by atoms with Crippen LogP contribution in [0.2, 0.25) is 0 Å². The van der Waals surface area contributed by atoms with Crippen molar-refractivity contribution in [3.05, 3.63) is 30.6 Å². The lowest BCUT2D eigenvalue weighted by molar-refractivity contribution is -0.119. The second-order valence-corrected chi connectivity index (χ2v) is 9.23. The van der Waals surface area contributed by atoms with Crippen LogP contribution in [0.1, 0.15) is 32.2 Å². The first-order valence-electron chi connectivity index (χ1n) is 11.5. The predicted molar refractivity (Wildman–Crippen MR) is 124 cm³/mol. The Morgan fingerprint density at radius 2 is 2.09 bits per heavy atom. The molecule has 0 spiro atoms. The number of carbonyl (C=O) groups excluding carboxylic acids is 1. The van der Waals surface area contributed by atoms with Gasteiger partial charge in [0.2, 0.25) is 11.8 Å². The SMILES string of the molecule is C[C@@H](Oc1nc(-c2ccc3c(c2)NCCN3C)cc2ncn(C3CC3)c12)C1CNC(=O)C1. The van der Waals surface area contributed by atoms with E-state index in [-0.39, 0.29) is 17.9 Å². The van der Waals surface area contributed by atoms with Gasteiger partial charge < -0.3 is 24.8 Å². The Kier molecular flexibility index (Phi) is 4.48. The van der Waals surface area contributed by atoms with Crippen molar-refractivity contribution in [1.82, 2.24) is 19.9 Å². The Balaban J connectivity index is 1.41. The highest BCUT2D eigenvalue weighted by Gasteiger charge is 2.31. The molecule has 166 valence electrons. The fraction of sp³-hybridized carbons (Fsp3) is 0.458.